The standard InChI is InChI=1S/C11H12BrNO3/c1-10-3-4-11(2,16-10)7-6(10)8(14)13(5-12)9(7)15/h3-4,6-7H,5H2,1-2H3/t6-,7+,10?,11?. The van der Waals surface area contributed by atoms with Gasteiger partial charge < -0.3 is 4.74 Å². The van der Waals surface area contributed by atoms with Crippen molar-refractivity contribution in [3.8, 4) is 0 Å². The number of halogens is 1. The molecule has 3 aliphatic heterocycles. The molecule has 0 radical (unpaired) electrons. The fourth-order valence-electron chi connectivity index (χ4n) is 3.21. The number of amides is 2. The topological polar surface area (TPSA) is 46.6 Å². The molecule has 5 heteroatoms. The zero-order chi connectivity index (χ0) is 11.7. The second-order valence-electron chi connectivity index (χ2n) is 4.98. The summed E-state index contributed by atoms with van der Waals surface area (Å²) in [6.45, 7) is 3.75. The summed E-state index contributed by atoms with van der Waals surface area (Å²) < 4.78 is 5.85. The predicted molar refractivity (Wildman–Crippen MR) is 59.7 cm³/mol. The minimum atomic E-state index is -0.608. The van der Waals surface area contributed by atoms with Crippen molar-refractivity contribution in [2.75, 3.05) is 5.45 Å². The number of hydrogen-bond donors (Lipinski definition) is 0. The van der Waals surface area contributed by atoms with Gasteiger partial charge in [-0.2, -0.15) is 0 Å². The lowest BCUT2D eigenvalue weighted by Crippen LogP contribution is -2.38. The van der Waals surface area contributed by atoms with E-state index in [1.165, 1.54) is 4.90 Å². The Hall–Kier alpha value is -0.680. The second-order valence-corrected chi connectivity index (χ2v) is 5.48. The van der Waals surface area contributed by atoms with Crippen LogP contribution >= 0.6 is 15.9 Å². The fourth-order valence-corrected chi connectivity index (χ4v) is 3.70. The summed E-state index contributed by atoms with van der Waals surface area (Å²) in [5, 5.41) is 0. The highest BCUT2D eigenvalue weighted by Crippen LogP contribution is 2.56. The van der Waals surface area contributed by atoms with Crippen molar-refractivity contribution in [2.45, 2.75) is 25.0 Å². The number of imide groups is 1. The molecule has 0 spiro atoms. The number of ether oxygens (including phenoxy) is 1. The number of fused-ring (bicyclic) bond motifs is 5. The van der Waals surface area contributed by atoms with E-state index in [-0.39, 0.29) is 29.1 Å². The number of likely N-dealkylation sites (tertiary alicyclic amines) is 1. The molecule has 0 aromatic heterocycles. The van der Waals surface area contributed by atoms with Gasteiger partial charge in [0.1, 0.15) is 0 Å². The molecular weight excluding hydrogens is 274 g/mol. The third kappa shape index (κ3) is 0.942. The largest absolute Gasteiger partial charge is 0.359 e. The predicted octanol–water partition coefficient (Wildman–Crippen LogP) is 1.06. The molecule has 86 valence electrons. The number of carbonyl (C=O) groups excluding carboxylic acids is 2. The van der Waals surface area contributed by atoms with Crippen LogP contribution in [-0.2, 0) is 14.3 Å². The van der Waals surface area contributed by atoms with Crippen molar-refractivity contribution in [3.05, 3.63) is 12.2 Å². The molecule has 2 bridgehead atoms. The Morgan fingerprint density at radius 2 is 1.69 bits per heavy atom. The molecule has 3 aliphatic rings. The normalized spacial score (nSPS) is 49.3. The molecule has 0 N–H and O–H groups in total. The minimum Gasteiger partial charge on any atom is -0.359 e. The third-order valence-electron chi connectivity index (χ3n) is 3.94. The van der Waals surface area contributed by atoms with Crippen LogP contribution in [0.5, 0.6) is 0 Å². The second kappa shape index (κ2) is 2.76. The van der Waals surface area contributed by atoms with Gasteiger partial charge in [-0.3, -0.25) is 14.5 Å². The van der Waals surface area contributed by atoms with E-state index in [1.807, 2.05) is 26.0 Å². The number of hydrogen-bond acceptors (Lipinski definition) is 3. The molecule has 0 aliphatic carbocycles. The van der Waals surface area contributed by atoms with Crippen LogP contribution in [-0.4, -0.2) is 33.4 Å². The molecule has 4 atom stereocenters. The summed E-state index contributed by atoms with van der Waals surface area (Å²) >= 11 is 3.18. The Kier molecular flexibility index (Phi) is 1.81. The summed E-state index contributed by atoms with van der Waals surface area (Å²) in [4.78, 5) is 25.5. The van der Waals surface area contributed by atoms with E-state index < -0.39 is 11.2 Å². The van der Waals surface area contributed by atoms with Gasteiger partial charge in [-0.25, -0.2) is 0 Å². The van der Waals surface area contributed by atoms with Crippen LogP contribution in [0, 0.1) is 11.8 Å². The molecule has 16 heavy (non-hydrogen) atoms. The van der Waals surface area contributed by atoms with Gasteiger partial charge in [-0.15, -0.1) is 0 Å². The van der Waals surface area contributed by atoms with E-state index in [0.717, 1.165) is 0 Å². The highest BCUT2D eigenvalue weighted by molar-refractivity contribution is 9.09. The number of nitrogens with zero attached hydrogens (tertiary/aromatic N) is 1. The first kappa shape index (κ1) is 10.5. The van der Waals surface area contributed by atoms with E-state index in [4.69, 9.17) is 4.74 Å². The van der Waals surface area contributed by atoms with E-state index >= 15 is 0 Å². The Balaban J connectivity index is 2.12. The lowest BCUT2D eigenvalue weighted by Gasteiger charge is -2.24. The lowest BCUT2D eigenvalue weighted by atomic mass is 9.73. The minimum absolute atomic E-state index is 0.123. The fraction of sp³-hybridized carbons (Fsp3) is 0.636. The molecule has 3 heterocycles. The van der Waals surface area contributed by atoms with Gasteiger partial charge in [0.25, 0.3) is 0 Å². The Labute approximate surface area is 102 Å². The maximum Gasteiger partial charge on any atom is 0.237 e. The molecular formula is C11H12BrNO3. The molecule has 0 aromatic rings. The molecule has 2 amide bonds. The monoisotopic (exact) mass is 285 g/mol. The van der Waals surface area contributed by atoms with Gasteiger partial charge in [0.2, 0.25) is 11.8 Å². The van der Waals surface area contributed by atoms with Crippen LogP contribution in [0.1, 0.15) is 13.8 Å². The van der Waals surface area contributed by atoms with Crippen molar-refractivity contribution in [1.82, 2.24) is 4.90 Å². The maximum absolute atomic E-state index is 12.1. The molecule has 3 rings (SSSR count). The van der Waals surface area contributed by atoms with Crippen molar-refractivity contribution in [3.63, 3.8) is 0 Å². The first-order valence-corrected chi connectivity index (χ1v) is 6.37. The van der Waals surface area contributed by atoms with Gasteiger partial charge in [-0.05, 0) is 13.8 Å². The van der Waals surface area contributed by atoms with Crippen LogP contribution < -0.4 is 0 Å². The average molecular weight is 286 g/mol. The average Bonchev–Trinajstić information content (AvgIpc) is 2.73. The van der Waals surface area contributed by atoms with Crippen LogP contribution in [0.15, 0.2) is 12.2 Å². The molecule has 4 nitrogen and oxygen atoms in total. The van der Waals surface area contributed by atoms with Crippen LogP contribution in [0.2, 0.25) is 0 Å². The van der Waals surface area contributed by atoms with E-state index in [2.05, 4.69) is 15.9 Å². The summed E-state index contributed by atoms with van der Waals surface area (Å²) in [5.74, 6) is -0.954. The molecule has 0 saturated carbocycles. The number of alkyl halides is 1. The molecule has 2 unspecified atom stereocenters. The SMILES string of the molecule is CC12C=CC(C)(O1)[C@H]1C(=O)N(CBr)C(=O)[C@H]12. The Morgan fingerprint density at radius 1 is 1.25 bits per heavy atom. The van der Waals surface area contributed by atoms with E-state index in [1.54, 1.807) is 0 Å². The molecule has 2 fully saturated rings. The summed E-state index contributed by atoms with van der Waals surface area (Å²) in [6.07, 6.45) is 3.83. The summed E-state index contributed by atoms with van der Waals surface area (Å²) in [6, 6.07) is 0. The third-order valence-corrected chi connectivity index (χ3v) is 4.44. The zero-order valence-corrected chi connectivity index (χ0v) is 10.7. The van der Waals surface area contributed by atoms with Crippen molar-refractivity contribution in [1.29, 1.82) is 0 Å². The highest BCUT2D eigenvalue weighted by Gasteiger charge is 2.70. The number of rotatable bonds is 1. The summed E-state index contributed by atoms with van der Waals surface area (Å²) in [7, 11) is 0. The van der Waals surface area contributed by atoms with Gasteiger partial charge in [0.15, 0.2) is 0 Å². The van der Waals surface area contributed by atoms with Gasteiger partial charge in [0, 0.05) is 0 Å². The Morgan fingerprint density at radius 3 is 2.06 bits per heavy atom. The van der Waals surface area contributed by atoms with Crippen molar-refractivity contribution in [2.24, 2.45) is 11.8 Å². The van der Waals surface area contributed by atoms with Gasteiger partial charge in [0.05, 0.1) is 28.5 Å². The van der Waals surface area contributed by atoms with E-state index in [9.17, 15) is 9.59 Å². The van der Waals surface area contributed by atoms with E-state index in [0.29, 0.717) is 0 Å². The molecule has 2 saturated heterocycles. The number of carbonyl (C=O) groups is 2. The zero-order valence-electron chi connectivity index (χ0n) is 9.07. The Bertz CT molecular complexity index is 399. The highest BCUT2D eigenvalue weighted by atomic mass is 79.9. The van der Waals surface area contributed by atoms with Crippen LogP contribution in [0.3, 0.4) is 0 Å². The first-order chi connectivity index (χ1) is 7.43. The van der Waals surface area contributed by atoms with Crippen molar-refractivity contribution < 1.29 is 14.3 Å². The lowest BCUT2D eigenvalue weighted by molar-refractivity contribution is -0.144. The van der Waals surface area contributed by atoms with Gasteiger partial charge in [-0.1, -0.05) is 28.1 Å². The quantitative estimate of drug-likeness (QED) is 0.313. The smallest absolute Gasteiger partial charge is 0.237 e. The van der Waals surface area contributed by atoms with Crippen molar-refractivity contribution >= 4 is 27.7 Å². The van der Waals surface area contributed by atoms with Gasteiger partial charge >= 0.3 is 0 Å². The molecule has 0 aromatic carbocycles. The van der Waals surface area contributed by atoms with Crippen LogP contribution in [0.4, 0.5) is 0 Å². The maximum atomic E-state index is 12.1. The first-order valence-electron chi connectivity index (χ1n) is 5.25. The van der Waals surface area contributed by atoms with Crippen LogP contribution in [0.25, 0.3) is 0 Å². The summed E-state index contributed by atoms with van der Waals surface area (Å²) in [5.41, 5.74) is -0.948.